The van der Waals surface area contributed by atoms with Crippen LogP contribution in [0.4, 0.5) is 0 Å². The largest absolute Gasteiger partial charge is 0.297 e. The van der Waals surface area contributed by atoms with Crippen molar-refractivity contribution in [2.75, 3.05) is 6.54 Å². The Labute approximate surface area is 78.5 Å². The molecule has 0 aromatic carbocycles. The fourth-order valence-corrected chi connectivity index (χ4v) is 1.30. The number of allylic oxidation sites excluding steroid dienone is 1. The second-order valence-corrected chi connectivity index (χ2v) is 3.06. The average molecular weight is 178 g/mol. The van der Waals surface area contributed by atoms with Crippen LogP contribution in [-0.4, -0.2) is 23.2 Å². The molecule has 0 radical (unpaired) electrons. The molecule has 1 amide bonds. The number of hydrogen-bond acceptors (Lipinski definition) is 2. The highest BCUT2D eigenvalue weighted by Gasteiger charge is 2.22. The van der Waals surface area contributed by atoms with Gasteiger partial charge in [-0.05, 0) is 19.4 Å². The number of nitrogens with zero attached hydrogens (tertiary/aromatic N) is 2. The summed E-state index contributed by atoms with van der Waals surface area (Å²) in [6, 6.07) is 0. The van der Waals surface area contributed by atoms with Crippen LogP contribution >= 0.6 is 0 Å². The zero-order chi connectivity index (χ0) is 9.84. The quantitative estimate of drug-likeness (QED) is 0.468. The topological polar surface area (TPSA) is 32.7 Å². The molecular weight excluding hydrogens is 164 g/mol. The Morgan fingerprint density at radius 1 is 1.69 bits per heavy atom. The molecule has 3 heteroatoms. The van der Waals surface area contributed by atoms with E-state index in [1.807, 2.05) is 0 Å². The van der Waals surface area contributed by atoms with Gasteiger partial charge in [0.25, 0.3) is 0 Å². The van der Waals surface area contributed by atoms with Gasteiger partial charge in [-0.1, -0.05) is 13.2 Å². The SMILES string of the molecule is C=CC(=NC(=C)C)N1CCCC1=O. The van der Waals surface area contributed by atoms with Gasteiger partial charge in [-0.3, -0.25) is 9.69 Å². The van der Waals surface area contributed by atoms with Crippen molar-refractivity contribution in [2.24, 2.45) is 4.99 Å². The summed E-state index contributed by atoms with van der Waals surface area (Å²) < 4.78 is 0. The predicted octanol–water partition coefficient (Wildman–Crippen LogP) is 1.73. The number of amidine groups is 1. The van der Waals surface area contributed by atoms with Gasteiger partial charge in [-0.15, -0.1) is 0 Å². The molecule has 0 N–H and O–H groups in total. The second-order valence-electron chi connectivity index (χ2n) is 3.06. The summed E-state index contributed by atoms with van der Waals surface area (Å²) in [5.74, 6) is 0.745. The van der Waals surface area contributed by atoms with E-state index in [-0.39, 0.29) is 5.91 Å². The lowest BCUT2D eigenvalue weighted by Crippen LogP contribution is -2.30. The first kappa shape index (κ1) is 9.71. The van der Waals surface area contributed by atoms with Crippen LogP contribution in [-0.2, 0) is 4.79 Å². The number of rotatable bonds is 2. The summed E-state index contributed by atoms with van der Waals surface area (Å²) in [5.41, 5.74) is 0.689. The summed E-state index contributed by atoms with van der Waals surface area (Å²) in [6.07, 6.45) is 3.11. The minimum atomic E-state index is 0.125. The van der Waals surface area contributed by atoms with Crippen LogP contribution in [0, 0.1) is 0 Å². The van der Waals surface area contributed by atoms with Crippen molar-refractivity contribution in [1.82, 2.24) is 4.90 Å². The Bertz CT molecular complexity index is 279. The number of hydrogen-bond donors (Lipinski definition) is 0. The molecular formula is C10H14N2O. The molecule has 3 nitrogen and oxygen atoms in total. The van der Waals surface area contributed by atoms with E-state index in [4.69, 9.17) is 0 Å². The summed E-state index contributed by atoms with van der Waals surface area (Å²) in [6.45, 7) is 9.84. The summed E-state index contributed by atoms with van der Waals surface area (Å²) in [5, 5.41) is 0. The van der Waals surface area contributed by atoms with Crippen LogP contribution in [0.2, 0.25) is 0 Å². The smallest absolute Gasteiger partial charge is 0.228 e. The van der Waals surface area contributed by atoms with Crippen molar-refractivity contribution in [3.05, 3.63) is 24.9 Å². The van der Waals surface area contributed by atoms with Gasteiger partial charge in [0, 0.05) is 18.7 Å². The Hall–Kier alpha value is -1.38. The molecule has 1 aliphatic heterocycles. The van der Waals surface area contributed by atoms with Crippen molar-refractivity contribution in [3.63, 3.8) is 0 Å². The molecule has 0 saturated carbocycles. The molecule has 0 aromatic heterocycles. The minimum Gasteiger partial charge on any atom is -0.297 e. The average Bonchev–Trinajstić information content (AvgIpc) is 2.47. The third kappa shape index (κ3) is 2.28. The van der Waals surface area contributed by atoms with Gasteiger partial charge in [-0.25, -0.2) is 4.99 Å². The van der Waals surface area contributed by atoms with Gasteiger partial charge in [0.15, 0.2) is 0 Å². The Morgan fingerprint density at radius 3 is 2.77 bits per heavy atom. The highest BCUT2D eigenvalue weighted by Crippen LogP contribution is 2.11. The fraction of sp³-hybridized carbons (Fsp3) is 0.400. The molecule has 0 unspecified atom stereocenters. The Kier molecular flexibility index (Phi) is 3.01. The summed E-state index contributed by atoms with van der Waals surface area (Å²) in [4.78, 5) is 17.1. The zero-order valence-electron chi connectivity index (χ0n) is 7.92. The lowest BCUT2D eigenvalue weighted by molar-refractivity contribution is -0.124. The normalized spacial score (nSPS) is 17.8. The molecule has 1 rings (SSSR count). The molecule has 0 atom stereocenters. The maximum absolute atomic E-state index is 11.3. The molecule has 70 valence electrons. The molecule has 1 saturated heterocycles. The molecule has 13 heavy (non-hydrogen) atoms. The minimum absolute atomic E-state index is 0.125. The van der Waals surface area contributed by atoms with Crippen LogP contribution in [0.3, 0.4) is 0 Å². The second kappa shape index (κ2) is 4.03. The van der Waals surface area contributed by atoms with Gasteiger partial charge in [0.1, 0.15) is 5.84 Å². The van der Waals surface area contributed by atoms with Gasteiger partial charge < -0.3 is 0 Å². The van der Waals surface area contributed by atoms with Crippen molar-refractivity contribution >= 4 is 11.7 Å². The van der Waals surface area contributed by atoms with Crippen LogP contribution in [0.1, 0.15) is 19.8 Å². The maximum Gasteiger partial charge on any atom is 0.228 e. The van der Waals surface area contributed by atoms with Crippen LogP contribution in [0.15, 0.2) is 29.9 Å². The van der Waals surface area contributed by atoms with E-state index in [0.29, 0.717) is 18.0 Å². The number of carbonyl (C=O) groups excluding carboxylic acids is 1. The summed E-state index contributed by atoms with van der Waals surface area (Å²) in [7, 11) is 0. The lowest BCUT2D eigenvalue weighted by Gasteiger charge is -2.14. The number of aliphatic imine (C=N–C) groups is 1. The summed E-state index contributed by atoms with van der Waals surface area (Å²) >= 11 is 0. The predicted molar refractivity (Wildman–Crippen MR) is 53.4 cm³/mol. The van der Waals surface area contributed by atoms with Crippen molar-refractivity contribution in [3.8, 4) is 0 Å². The van der Waals surface area contributed by atoms with E-state index < -0.39 is 0 Å². The lowest BCUT2D eigenvalue weighted by atomic mass is 10.4. The zero-order valence-corrected chi connectivity index (χ0v) is 7.92. The fourth-order valence-electron chi connectivity index (χ4n) is 1.30. The highest BCUT2D eigenvalue weighted by atomic mass is 16.2. The molecule has 1 fully saturated rings. The van der Waals surface area contributed by atoms with Crippen molar-refractivity contribution in [1.29, 1.82) is 0 Å². The van der Waals surface area contributed by atoms with E-state index in [1.54, 1.807) is 17.9 Å². The third-order valence-corrected chi connectivity index (χ3v) is 1.84. The standard InChI is InChI=1S/C10H14N2O/c1-4-9(11-8(2)3)12-7-5-6-10(12)13/h4H,1-2,5-7H2,3H3. The molecule has 0 aromatic rings. The van der Waals surface area contributed by atoms with E-state index >= 15 is 0 Å². The number of amides is 1. The monoisotopic (exact) mass is 178 g/mol. The molecule has 1 heterocycles. The van der Waals surface area contributed by atoms with Gasteiger partial charge >= 0.3 is 0 Å². The van der Waals surface area contributed by atoms with E-state index in [0.717, 1.165) is 13.0 Å². The molecule has 0 bridgehead atoms. The van der Waals surface area contributed by atoms with Crippen molar-refractivity contribution in [2.45, 2.75) is 19.8 Å². The van der Waals surface area contributed by atoms with E-state index in [1.165, 1.54) is 0 Å². The van der Waals surface area contributed by atoms with Crippen LogP contribution in [0.25, 0.3) is 0 Å². The first-order valence-corrected chi connectivity index (χ1v) is 4.32. The molecule has 1 aliphatic rings. The Morgan fingerprint density at radius 2 is 2.38 bits per heavy atom. The highest BCUT2D eigenvalue weighted by molar-refractivity contribution is 6.05. The first-order chi connectivity index (χ1) is 6.15. The Balaban J connectivity index is 2.83. The van der Waals surface area contributed by atoms with E-state index in [9.17, 15) is 4.79 Å². The number of likely N-dealkylation sites (tertiary alicyclic amines) is 1. The van der Waals surface area contributed by atoms with Crippen molar-refractivity contribution < 1.29 is 4.79 Å². The molecule has 0 aliphatic carbocycles. The van der Waals surface area contributed by atoms with Gasteiger partial charge in [0.05, 0.1) is 0 Å². The third-order valence-electron chi connectivity index (χ3n) is 1.84. The van der Waals surface area contributed by atoms with Gasteiger partial charge in [-0.2, -0.15) is 0 Å². The van der Waals surface area contributed by atoms with Gasteiger partial charge in [0.2, 0.25) is 5.91 Å². The molecule has 0 spiro atoms. The van der Waals surface area contributed by atoms with E-state index in [2.05, 4.69) is 18.2 Å². The maximum atomic E-state index is 11.3. The van der Waals surface area contributed by atoms with Crippen LogP contribution in [0.5, 0.6) is 0 Å². The number of carbonyl (C=O) groups is 1. The first-order valence-electron chi connectivity index (χ1n) is 4.32. The van der Waals surface area contributed by atoms with Crippen LogP contribution < -0.4 is 0 Å².